The van der Waals surface area contributed by atoms with E-state index in [1.807, 2.05) is 55.1 Å². The third-order valence-corrected chi connectivity index (χ3v) is 8.05. The van der Waals surface area contributed by atoms with Crippen molar-refractivity contribution < 1.29 is 17.9 Å². The van der Waals surface area contributed by atoms with Crippen molar-refractivity contribution in [3.63, 3.8) is 0 Å². The molecule has 1 fully saturated rings. The van der Waals surface area contributed by atoms with Gasteiger partial charge < -0.3 is 14.6 Å². The molecule has 8 nitrogen and oxygen atoms in total. The van der Waals surface area contributed by atoms with Crippen LogP contribution in [-0.2, 0) is 21.9 Å². The second-order valence-corrected chi connectivity index (χ2v) is 10.3. The molecule has 1 N–H and O–H groups in total. The van der Waals surface area contributed by atoms with Gasteiger partial charge in [0, 0.05) is 38.4 Å². The molecular formula is C25H30N4O4S. The van der Waals surface area contributed by atoms with Crippen LogP contribution in [0, 0.1) is 5.92 Å². The largest absolute Gasteiger partial charge is 0.494 e. The molecule has 4 rings (SSSR count). The van der Waals surface area contributed by atoms with Crippen molar-refractivity contribution in [2.24, 2.45) is 13.0 Å². The van der Waals surface area contributed by atoms with Gasteiger partial charge in [-0.2, -0.15) is 4.31 Å². The van der Waals surface area contributed by atoms with Crippen molar-refractivity contribution in [2.75, 3.05) is 19.7 Å². The Hall–Kier alpha value is -3.17. The maximum Gasteiger partial charge on any atom is 0.243 e. The zero-order valence-electron chi connectivity index (χ0n) is 19.4. The van der Waals surface area contributed by atoms with Gasteiger partial charge in [-0.25, -0.2) is 13.4 Å². The summed E-state index contributed by atoms with van der Waals surface area (Å²) in [5.41, 5.74) is 0.945. The van der Waals surface area contributed by atoms with E-state index in [0.717, 1.165) is 11.4 Å². The van der Waals surface area contributed by atoms with Crippen molar-refractivity contribution in [3.8, 4) is 5.75 Å². The Labute approximate surface area is 200 Å². The highest BCUT2D eigenvalue weighted by atomic mass is 32.2. The molecule has 1 aliphatic heterocycles. The minimum atomic E-state index is -3.62. The van der Waals surface area contributed by atoms with E-state index in [-0.39, 0.29) is 22.8 Å². The predicted molar refractivity (Wildman–Crippen MR) is 129 cm³/mol. The molecule has 34 heavy (non-hydrogen) atoms. The van der Waals surface area contributed by atoms with Crippen LogP contribution in [0.5, 0.6) is 5.75 Å². The minimum absolute atomic E-state index is 0.0880. The predicted octanol–water partition coefficient (Wildman–Crippen LogP) is 3.13. The molecule has 0 spiro atoms. The highest BCUT2D eigenvalue weighted by Gasteiger charge is 2.33. The first-order valence-electron chi connectivity index (χ1n) is 11.5. The number of amides is 1. The minimum Gasteiger partial charge on any atom is -0.494 e. The fourth-order valence-corrected chi connectivity index (χ4v) is 5.71. The number of hydrogen-bond acceptors (Lipinski definition) is 5. The van der Waals surface area contributed by atoms with E-state index < -0.39 is 10.0 Å². The zero-order valence-corrected chi connectivity index (χ0v) is 20.2. The van der Waals surface area contributed by atoms with Crippen LogP contribution < -0.4 is 10.1 Å². The maximum absolute atomic E-state index is 13.2. The van der Waals surface area contributed by atoms with E-state index in [1.165, 1.54) is 4.31 Å². The van der Waals surface area contributed by atoms with E-state index in [2.05, 4.69) is 10.3 Å². The van der Waals surface area contributed by atoms with Gasteiger partial charge in [-0.3, -0.25) is 4.79 Å². The van der Waals surface area contributed by atoms with Crippen molar-refractivity contribution in [1.29, 1.82) is 0 Å². The summed E-state index contributed by atoms with van der Waals surface area (Å²) >= 11 is 0. The summed E-state index contributed by atoms with van der Waals surface area (Å²) in [4.78, 5) is 17.9. The maximum atomic E-state index is 13.2. The number of aromatic nitrogens is 2. The molecule has 3 aromatic rings. The van der Waals surface area contributed by atoms with Gasteiger partial charge >= 0.3 is 0 Å². The Morgan fingerprint density at radius 2 is 1.79 bits per heavy atom. The molecule has 0 saturated carbocycles. The number of sulfonamides is 1. The van der Waals surface area contributed by atoms with Crippen molar-refractivity contribution in [2.45, 2.75) is 30.7 Å². The second-order valence-electron chi connectivity index (χ2n) is 8.33. The number of imidazole rings is 1. The molecule has 0 bridgehead atoms. The Kier molecular flexibility index (Phi) is 7.33. The first-order chi connectivity index (χ1) is 16.4. The fraction of sp³-hybridized carbons (Fsp3) is 0.360. The highest BCUT2D eigenvalue weighted by molar-refractivity contribution is 7.89. The van der Waals surface area contributed by atoms with E-state index >= 15 is 0 Å². The lowest BCUT2D eigenvalue weighted by molar-refractivity contribution is -0.126. The number of carbonyl (C=O) groups is 1. The molecule has 1 amide bonds. The smallest absolute Gasteiger partial charge is 0.243 e. The molecule has 0 aliphatic carbocycles. The zero-order chi connectivity index (χ0) is 24.1. The lowest BCUT2D eigenvalue weighted by Gasteiger charge is -2.31. The Balaban J connectivity index is 1.42. The number of nitrogens with one attached hydrogen (secondary N) is 1. The van der Waals surface area contributed by atoms with Crippen LogP contribution in [0.2, 0.25) is 0 Å². The SMILES string of the molecule is CCOc1ccc(S(=O)(=O)N2CCC(C(=O)N[C@@H](c3ccccc3)c3nccn3C)CC2)cc1. The molecule has 1 aliphatic rings. The lowest BCUT2D eigenvalue weighted by Crippen LogP contribution is -2.44. The molecule has 9 heteroatoms. The van der Waals surface area contributed by atoms with Gasteiger partial charge in [0.05, 0.1) is 11.5 Å². The molecule has 1 aromatic heterocycles. The number of carbonyl (C=O) groups excluding carboxylic acids is 1. The van der Waals surface area contributed by atoms with E-state index in [9.17, 15) is 13.2 Å². The number of benzene rings is 2. The van der Waals surface area contributed by atoms with Crippen LogP contribution in [0.15, 0.2) is 71.9 Å². The molecule has 1 saturated heterocycles. The summed E-state index contributed by atoms with van der Waals surface area (Å²) in [6.45, 7) is 2.99. The normalized spacial score (nSPS) is 16.2. The molecule has 2 aromatic carbocycles. The highest BCUT2D eigenvalue weighted by Crippen LogP contribution is 2.27. The number of rotatable bonds is 8. The van der Waals surface area contributed by atoms with Gasteiger partial charge in [-0.1, -0.05) is 30.3 Å². The number of hydrogen-bond donors (Lipinski definition) is 1. The number of nitrogens with zero attached hydrogens (tertiary/aromatic N) is 3. The van der Waals surface area contributed by atoms with Crippen LogP contribution in [0.4, 0.5) is 0 Å². The Morgan fingerprint density at radius 3 is 2.38 bits per heavy atom. The lowest BCUT2D eigenvalue weighted by atomic mass is 9.96. The van der Waals surface area contributed by atoms with E-state index in [4.69, 9.17) is 4.74 Å². The van der Waals surface area contributed by atoms with Gasteiger partial charge in [0.25, 0.3) is 0 Å². The molecule has 2 heterocycles. The standard InChI is InChI=1S/C25H30N4O4S/c1-3-33-21-9-11-22(12-10-21)34(31,32)29-16-13-20(14-17-29)25(30)27-23(19-7-5-4-6-8-19)24-26-15-18-28(24)2/h4-12,15,18,20,23H,3,13-14,16-17H2,1-2H3,(H,27,30)/t23-/m0/s1. The van der Waals surface area contributed by atoms with Crippen LogP contribution in [0.25, 0.3) is 0 Å². The quantitative estimate of drug-likeness (QED) is 0.533. The van der Waals surface area contributed by atoms with E-state index in [0.29, 0.717) is 38.3 Å². The number of piperidine rings is 1. The topological polar surface area (TPSA) is 93.5 Å². The Bertz CT molecular complexity index is 1200. The molecule has 0 unspecified atom stereocenters. The van der Waals surface area contributed by atoms with Crippen molar-refractivity contribution in [3.05, 3.63) is 78.4 Å². The molecular weight excluding hydrogens is 452 g/mol. The monoisotopic (exact) mass is 482 g/mol. The average Bonchev–Trinajstić information content (AvgIpc) is 3.29. The van der Waals surface area contributed by atoms with Gasteiger partial charge in [0.1, 0.15) is 17.6 Å². The summed E-state index contributed by atoms with van der Waals surface area (Å²) in [6.07, 6.45) is 4.48. The number of ether oxygens (including phenoxy) is 1. The second kappa shape index (κ2) is 10.4. The van der Waals surface area contributed by atoms with Gasteiger partial charge in [-0.05, 0) is 49.6 Å². The van der Waals surface area contributed by atoms with Gasteiger partial charge in [0.15, 0.2) is 0 Å². The van der Waals surface area contributed by atoms with E-state index in [1.54, 1.807) is 30.5 Å². The third kappa shape index (κ3) is 5.15. The summed E-state index contributed by atoms with van der Waals surface area (Å²) in [7, 11) is -1.72. The summed E-state index contributed by atoms with van der Waals surface area (Å²) in [5.74, 6) is 1.03. The fourth-order valence-electron chi connectivity index (χ4n) is 4.24. The first-order valence-corrected chi connectivity index (χ1v) is 12.9. The molecule has 1 atom stereocenters. The number of aryl methyl sites for hydroxylation is 1. The first kappa shape index (κ1) is 24.0. The Morgan fingerprint density at radius 1 is 1.12 bits per heavy atom. The summed E-state index contributed by atoms with van der Waals surface area (Å²) in [5, 5.41) is 3.15. The molecule has 0 radical (unpaired) electrons. The summed E-state index contributed by atoms with van der Waals surface area (Å²) < 4.78 is 34.9. The van der Waals surface area contributed by atoms with Crippen molar-refractivity contribution in [1.82, 2.24) is 19.2 Å². The van der Waals surface area contributed by atoms with Crippen molar-refractivity contribution >= 4 is 15.9 Å². The van der Waals surface area contributed by atoms with Crippen LogP contribution in [0.3, 0.4) is 0 Å². The van der Waals surface area contributed by atoms with Crippen LogP contribution in [-0.4, -0.2) is 47.9 Å². The van der Waals surface area contributed by atoms with Gasteiger partial charge in [0.2, 0.25) is 15.9 Å². The van der Waals surface area contributed by atoms with Crippen LogP contribution >= 0.6 is 0 Å². The van der Waals surface area contributed by atoms with Gasteiger partial charge in [-0.15, -0.1) is 0 Å². The van der Waals surface area contributed by atoms with Crippen LogP contribution in [0.1, 0.15) is 37.2 Å². The third-order valence-electron chi connectivity index (χ3n) is 6.13. The summed E-state index contributed by atoms with van der Waals surface area (Å²) in [6, 6.07) is 15.8. The molecule has 180 valence electrons. The average molecular weight is 483 g/mol.